The number of hydrogen-bond acceptors (Lipinski definition) is 3. The van der Waals surface area contributed by atoms with Crippen LogP contribution in [0.5, 0.6) is 0 Å². The third-order valence-electron chi connectivity index (χ3n) is 5.13. The number of rotatable bonds is 2. The second kappa shape index (κ2) is 6.42. The Labute approximate surface area is 131 Å². The van der Waals surface area contributed by atoms with Crippen LogP contribution < -0.4 is 0 Å². The Hall–Kier alpha value is -0.970. The van der Waals surface area contributed by atoms with Gasteiger partial charge in [0, 0.05) is 12.1 Å². The van der Waals surface area contributed by atoms with Crippen molar-refractivity contribution in [2.24, 2.45) is 0 Å². The van der Waals surface area contributed by atoms with Gasteiger partial charge in [-0.2, -0.15) is 0 Å². The van der Waals surface area contributed by atoms with Gasteiger partial charge in [0.05, 0.1) is 0 Å². The molecule has 0 N–H and O–H groups in total. The number of amides is 2. The molecule has 2 amide bonds. The Morgan fingerprint density at radius 3 is 1.48 bits per heavy atom. The van der Waals surface area contributed by atoms with Gasteiger partial charge in [0.2, 0.25) is 11.8 Å². The summed E-state index contributed by atoms with van der Waals surface area (Å²) in [6.07, 6.45) is 11.3. The van der Waals surface area contributed by atoms with Crippen LogP contribution in [0.25, 0.3) is 0 Å². The molecule has 2 saturated carbocycles. The van der Waals surface area contributed by atoms with Crippen molar-refractivity contribution >= 4 is 29.1 Å². The van der Waals surface area contributed by atoms with Gasteiger partial charge in [-0.15, -0.1) is 0 Å². The summed E-state index contributed by atoms with van der Waals surface area (Å²) in [6, 6.07) is 0.441. The first-order valence-corrected chi connectivity index (χ1v) is 8.77. The summed E-state index contributed by atoms with van der Waals surface area (Å²) in [6.45, 7) is 0. The van der Waals surface area contributed by atoms with Gasteiger partial charge >= 0.3 is 0 Å². The smallest absolute Gasteiger partial charge is 0.238 e. The van der Waals surface area contributed by atoms with Crippen molar-refractivity contribution in [2.45, 2.75) is 82.7 Å². The van der Waals surface area contributed by atoms with Crippen LogP contribution in [0.4, 0.5) is 0 Å². The number of carbonyl (C=O) groups excluding carboxylic acids is 2. The molecule has 0 radical (unpaired) electrons. The zero-order chi connectivity index (χ0) is 14.8. The molecule has 0 bridgehead atoms. The van der Waals surface area contributed by atoms with E-state index in [2.05, 4.69) is 0 Å². The minimum atomic E-state index is -0.0797. The molecule has 0 spiro atoms. The number of carbonyl (C=O) groups is 2. The molecule has 1 heterocycles. The molecule has 0 aromatic carbocycles. The summed E-state index contributed by atoms with van der Waals surface area (Å²) in [7, 11) is 0. The molecule has 3 fully saturated rings. The highest BCUT2D eigenvalue weighted by Crippen LogP contribution is 2.30. The molecule has 0 atom stereocenters. The Morgan fingerprint density at radius 1 is 0.714 bits per heavy atom. The fourth-order valence-electron chi connectivity index (χ4n) is 4.03. The summed E-state index contributed by atoms with van der Waals surface area (Å²) in [5.41, 5.74) is 0. The lowest BCUT2D eigenvalue weighted by Crippen LogP contribution is -2.61. The predicted octanol–water partition coefficient (Wildman–Crippen LogP) is 3.00. The van der Waals surface area contributed by atoms with Crippen molar-refractivity contribution in [3.05, 3.63) is 0 Å². The van der Waals surface area contributed by atoms with Gasteiger partial charge in [0.25, 0.3) is 0 Å². The van der Waals surface area contributed by atoms with E-state index in [4.69, 9.17) is 12.2 Å². The van der Waals surface area contributed by atoms with Crippen molar-refractivity contribution in [3.63, 3.8) is 0 Å². The van der Waals surface area contributed by atoms with E-state index in [1.165, 1.54) is 12.8 Å². The third-order valence-corrected chi connectivity index (χ3v) is 5.53. The minimum absolute atomic E-state index is 0.00708. The third kappa shape index (κ3) is 2.98. The van der Waals surface area contributed by atoms with Crippen molar-refractivity contribution in [3.8, 4) is 0 Å². The molecule has 5 heteroatoms. The maximum Gasteiger partial charge on any atom is 0.238 e. The quantitative estimate of drug-likeness (QED) is 0.581. The molecule has 0 aromatic rings. The van der Waals surface area contributed by atoms with Crippen LogP contribution in [-0.4, -0.2) is 38.8 Å². The number of thiocarbonyl (C=S) groups is 1. The van der Waals surface area contributed by atoms with Crippen LogP contribution in [-0.2, 0) is 9.59 Å². The van der Waals surface area contributed by atoms with E-state index in [0.717, 1.165) is 51.4 Å². The lowest BCUT2D eigenvalue weighted by Gasteiger charge is -2.44. The Kier molecular flexibility index (Phi) is 4.57. The van der Waals surface area contributed by atoms with Gasteiger partial charge in [-0.1, -0.05) is 38.5 Å². The highest BCUT2D eigenvalue weighted by atomic mass is 32.1. The molecule has 21 heavy (non-hydrogen) atoms. The summed E-state index contributed by atoms with van der Waals surface area (Å²) in [4.78, 5) is 28.2. The fourth-order valence-corrected chi connectivity index (χ4v) is 4.53. The van der Waals surface area contributed by atoms with Crippen LogP contribution in [0, 0.1) is 0 Å². The highest BCUT2D eigenvalue weighted by Gasteiger charge is 2.41. The monoisotopic (exact) mass is 308 g/mol. The van der Waals surface area contributed by atoms with Crippen LogP contribution >= 0.6 is 12.2 Å². The lowest BCUT2D eigenvalue weighted by molar-refractivity contribution is -0.143. The second-order valence-electron chi connectivity index (χ2n) is 6.57. The first-order valence-electron chi connectivity index (χ1n) is 8.36. The SMILES string of the molecule is O=C1CC(=O)N(C2CCCCC2)C(=S)N1C1CCCCC1. The van der Waals surface area contributed by atoms with Crippen molar-refractivity contribution in [2.75, 3.05) is 0 Å². The summed E-state index contributed by atoms with van der Waals surface area (Å²) >= 11 is 5.57. The maximum absolute atomic E-state index is 12.3. The average molecular weight is 308 g/mol. The van der Waals surface area contributed by atoms with Crippen molar-refractivity contribution in [1.82, 2.24) is 9.80 Å². The first kappa shape index (κ1) is 14.9. The van der Waals surface area contributed by atoms with Crippen molar-refractivity contribution < 1.29 is 9.59 Å². The Bertz CT molecular complexity index is 402. The van der Waals surface area contributed by atoms with Gasteiger partial charge in [0.15, 0.2) is 5.11 Å². The van der Waals surface area contributed by atoms with Crippen LogP contribution in [0.15, 0.2) is 0 Å². The van der Waals surface area contributed by atoms with Crippen LogP contribution in [0.3, 0.4) is 0 Å². The van der Waals surface area contributed by atoms with Gasteiger partial charge in [-0.25, -0.2) is 0 Å². The fraction of sp³-hybridized carbons (Fsp3) is 0.812. The molecular formula is C16H24N2O2S. The first-order chi connectivity index (χ1) is 10.2. The van der Waals surface area contributed by atoms with Crippen molar-refractivity contribution in [1.29, 1.82) is 0 Å². The molecule has 116 valence electrons. The molecular weight excluding hydrogens is 284 g/mol. The van der Waals surface area contributed by atoms with Gasteiger partial charge in [-0.05, 0) is 37.9 Å². The zero-order valence-electron chi connectivity index (χ0n) is 12.6. The lowest BCUT2D eigenvalue weighted by atomic mass is 9.92. The molecule has 0 unspecified atom stereocenters. The molecule has 4 nitrogen and oxygen atoms in total. The van der Waals surface area contributed by atoms with Gasteiger partial charge < -0.3 is 0 Å². The van der Waals surface area contributed by atoms with Crippen LogP contribution in [0.1, 0.15) is 70.6 Å². The predicted molar refractivity (Wildman–Crippen MR) is 84.7 cm³/mol. The zero-order valence-corrected chi connectivity index (χ0v) is 13.4. The molecule has 3 rings (SSSR count). The molecule has 1 aliphatic heterocycles. The number of hydrogen-bond donors (Lipinski definition) is 0. The van der Waals surface area contributed by atoms with E-state index >= 15 is 0 Å². The average Bonchev–Trinajstić information content (AvgIpc) is 2.49. The molecule has 0 aromatic heterocycles. The summed E-state index contributed by atoms with van der Waals surface area (Å²) < 4.78 is 0. The normalized spacial score (nSPS) is 26.6. The van der Waals surface area contributed by atoms with Crippen LogP contribution in [0.2, 0.25) is 0 Å². The largest absolute Gasteiger partial charge is 0.285 e. The summed E-state index contributed by atoms with van der Waals surface area (Å²) in [5, 5.41) is 0.495. The van der Waals surface area contributed by atoms with E-state index in [0.29, 0.717) is 5.11 Å². The number of nitrogens with zero attached hydrogens (tertiary/aromatic N) is 2. The van der Waals surface area contributed by atoms with Gasteiger partial charge in [-0.3, -0.25) is 19.4 Å². The maximum atomic E-state index is 12.3. The standard InChI is InChI=1S/C16H24N2O2S/c19-14-11-15(20)18(13-9-5-2-6-10-13)16(21)17(14)12-7-3-1-4-8-12/h12-13H,1-11H2. The molecule has 2 aliphatic carbocycles. The van der Waals surface area contributed by atoms with E-state index < -0.39 is 0 Å². The highest BCUT2D eigenvalue weighted by molar-refractivity contribution is 7.80. The Morgan fingerprint density at radius 2 is 1.10 bits per heavy atom. The molecule has 3 aliphatic rings. The van der Waals surface area contributed by atoms with E-state index in [-0.39, 0.29) is 30.3 Å². The molecule has 1 saturated heterocycles. The summed E-state index contributed by atoms with van der Waals surface area (Å²) in [5.74, 6) is -0.159. The van der Waals surface area contributed by atoms with E-state index in [1.807, 2.05) is 0 Å². The van der Waals surface area contributed by atoms with E-state index in [1.54, 1.807) is 9.80 Å². The minimum Gasteiger partial charge on any atom is -0.285 e. The van der Waals surface area contributed by atoms with Gasteiger partial charge in [0.1, 0.15) is 6.42 Å². The Balaban J connectivity index is 1.78. The second-order valence-corrected chi connectivity index (χ2v) is 6.94. The van der Waals surface area contributed by atoms with E-state index in [9.17, 15) is 9.59 Å². The topological polar surface area (TPSA) is 40.6 Å².